The molecule has 1 unspecified atom stereocenters. The number of ether oxygens (including phenoxy) is 1. The number of carbonyl (C=O) groups is 2. The number of H-pyrrole nitrogens is 1. The Balaban J connectivity index is 1.49. The highest BCUT2D eigenvalue weighted by Crippen LogP contribution is 2.20. The number of aromatic nitrogens is 1. The van der Waals surface area contributed by atoms with Crippen LogP contribution in [0.4, 0.5) is 0 Å². The first-order valence-corrected chi connectivity index (χ1v) is 12.0. The molecule has 3 aromatic carbocycles. The molecule has 0 radical (unpaired) electrons. The van der Waals surface area contributed by atoms with Crippen molar-refractivity contribution < 1.29 is 14.3 Å². The van der Waals surface area contributed by atoms with Gasteiger partial charge < -0.3 is 20.4 Å². The van der Waals surface area contributed by atoms with Crippen molar-refractivity contribution >= 4 is 34.3 Å². The molecule has 1 heterocycles. The average molecular weight is 490 g/mol. The number of para-hydroxylation sites is 1. The number of benzene rings is 3. The van der Waals surface area contributed by atoms with Crippen LogP contribution in [0, 0.1) is 0 Å². The van der Waals surface area contributed by atoms with Crippen molar-refractivity contribution in [3.05, 3.63) is 106 Å². The first-order valence-electron chi connectivity index (χ1n) is 11.6. The van der Waals surface area contributed by atoms with Crippen LogP contribution < -0.4 is 10.6 Å². The second-order valence-corrected chi connectivity index (χ2v) is 8.65. The summed E-state index contributed by atoms with van der Waals surface area (Å²) in [6.45, 7) is 3.53. The summed E-state index contributed by atoms with van der Waals surface area (Å²) < 4.78 is 5.43. The lowest BCUT2D eigenvalue weighted by Gasteiger charge is -2.19. The fourth-order valence-electron chi connectivity index (χ4n) is 3.90. The summed E-state index contributed by atoms with van der Waals surface area (Å²) in [7, 11) is 0. The fourth-order valence-corrected chi connectivity index (χ4v) is 4.12. The van der Waals surface area contributed by atoms with Gasteiger partial charge >= 0.3 is 0 Å². The van der Waals surface area contributed by atoms with Crippen LogP contribution in [0.5, 0.6) is 0 Å². The summed E-state index contributed by atoms with van der Waals surface area (Å²) in [4.78, 5) is 29.5. The van der Waals surface area contributed by atoms with Crippen molar-refractivity contribution in [3.63, 3.8) is 0 Å². The van der Waals surface area contributed by atoms with Crippen LogP contribution in [0.3, 0.4) is 0 Å². The van der Waals surface area contributed by atoms with Gasteiger partial charge in [0.25, 0.3) is 5.91 Å². The van der Waals surface area contributed by atoms with Crippen molar-refractivity contribution in [3.8, 4) is 0 Å². The van der Waals surface area contributed by atoms with Gasteiger partial charge in [-0.15, -0.1) is 0 Å². The van der Waals surface area contributed by atoms with Gasteiger partial charge in [-0.1, -0.05) is 66.2 Å². The quantitative estimate of drug-likeness (QED) is 0.292. The van der Waals surface area contributed by atoms with E-state index in [9.17, 15) is 9.59 Å². The molecule has 0 aliphatic heterocycles. The van der Waals surface area contributed by atoms with Crippen molar-refractivity contribution in [2.45, 2.75) is 32.5 Å². The van der Waals surface area contributed by atoms with Crippen molar-refractivity contribution in [1.82, 2.24) is 15.6 Å². The molecular weight excluding hydrogens is 462 g/mol. The molecule has 0 saturated carbocycles. The Hall–Kier alpha value is -3.61. The molecule has 7 heteroatoms. The number of halogens is 1. The van der Waals surface area contributed by atoms with Gasteiger partial charge in [-0.25, -0.2) is 0 Å². The minimum absolute atomic E-state index is 0.269. The Morgan fingerprint density at radius 3 is 2.46 bits per heavy atom. The Kier molecular flexibility index (Phi) is 8.19. The van der Waals surface area contributed by atoms with Gasteiger partial charge in [0.05, 0.1) is 17.2 Å². The third-order valence-corrected chi connectivity index (χ3v) is 6.13. The zero-order chi connectivity index (χ0) is 24.6. The molecular formula is C28H28ClN3O3. The molecule has 0 fully saturated rings. The molecule has 4 aromatic rings. The van der Waals surface area contributed by atoms with Gasteiger partial charge in [-0.3, -0.25) is 9.59 Å². The molecule has 4 rings (SSSR count). The topological polar surface area (TPSA) is 83.2 Å². The highest BCUT2D eigenvalue weighted by molar-refractivity contribution is 6.33. The Morgan fingerprint density at radius 2 is 1.69 bits per heavy atom. The minimum atomic E-state index is -0.782. The molecule has 180 valence electrons. The van der Waals surface area contributed by atoms with E-state index < -0.39 is 11.9 Å². The second kappa shape index (κ2) is 11.7. The van der Waals surface area contributed by atoms with Crippen molar-refractivity contribution in [2.75, 3.05) is 6.61 Å². The molecule has 0 spiro atoms. The highest BCUT2D eigenvalue weighted by Gasteiger charge is 2.24. The fraction of sp³-hybridized carbons (Fsp3) is 0.214. The number of hydrogen-bond acceptors (Lipinski definition) is 3. The van der Waals surface area contributed by atoms with E-state index in [-0.39, 0.29) is 5.91 Å². The predicted molar refractivity (Wildman–Crippen MR) is 138 cm³/mol. The molecule has 0 aliphatic carbocycles. The van der Waals surface area contributed by atoms with Crippen LogP contribution in [0.25, 0.3) is 10.9 Å². The maximum absolute atomic E-state index is 13.2. The van der Waals surface area contributed by atoms with E-state index in [1.807, 2.05) is 61.7 Å². The SMILES string of the molecule is CCOCc1ccc(CNC(=O)C(Cc2c[nH]c3ccccc23)NC(=O)c2ccccc2Cl)cc1. The van der Waals surface area contributed by atoms with E-state index in [0.29, 0.717) is 36.8 Å². The number of rotatable bonds is 10. The Morgan fingerprint density at radius 1 is 0.971 bits per heavy atom. The maximum atomic E-state index is 13.2. The summed E-state index contributed by atoms with van der Waals surface area (Å²) >= 11 is 6.21. The number of hydrogen-bond donors (Lipinski definition) is 3. The molecule has 2 amide bonds. The van der Waals surface area contributed by atoms with Crippen LogP contribution in [-0.2, 0) is 29.1 Å². The van der Waals surface area contributed by atoms with E-state index in [1.165, 1.54) is 0 Å². The third kappa shape index (κ3) is 6.29. The molecule has 0 aliphatic rings. The molecule has 1 atom stereocenters. The van der Waals surface area contributed by atoms with Crippen molar-refractivity contribution in [2.24, 2.45) is 0 Å². The number of amides is 2. The standard InChI is InChI=1S/C28H28ClN3O3/c1-2-35-18-20-13-11-19(12-14-20)16-31-28(34)26(32-27(33)23-8-3-5-9-24(23)29)15-21-17-30-25-10-6-4-7-22(21)25/h3-14,17,26,30H,2,15-16,18H2,1H3,(H,31,34)(H,32,33). The smallest absolute Gasteiger partial charge is 0.253 e. The van der Waals surface area contributed by atoms with Gasteiger partial charge in [0.2, 0.25) is 5.91 Å². The first kappa shape index (κ1) is 24.5. The van der Waals surface area contributed by atoms with Gasteiger partial charge in [0.1, 0.15) is 6.04 Å². The minimum Gasteiger partial charge on any atom is -0.377 e. The zero-order valence-corrected chi connectivity index (χ0v) is 20.3. The largest absolute Gasteiger partial charge is 0.377 e. The first-order chi connectivity index (χ1) is 17.0. The van der Waals surface area contributed by atoms with Gasteiger partial charge in [0.15, 0.2) is 0 Å². The van der Waals surface area contributed by atoms with Crippen LogP contribution >= 0.6 is 11.6 Å². The molecule has 1 aromatic heterocycles. The highest BCUT2D eigenvalue weighted by atomic mass is 35.5. The van der Waals surface area contributed by atoms with Gasteiger partial charge in [0, 0.05) is 36.7 Å². The number of carbonyl (C=O) groups excluding carboxylic acids is 2. The van der Waals surface area contributed by atoms with E-state index in [0.717, 1.165) is 27.6 Å². The third-order valence-electron chi connectivity index (χ3n) is 5.80. The summed E-state index contributed by atoms with van der Waals surface area (Å²) in [6, 6.07) is 21.8. The second-order valence-electron chi connectivity index (χ2n) is 8.24. The Bertz CT molecular complexity index is 1300. The maximum Gasteiger partial charge on any atom is 0.253 e. The predicted octanol–water partition coefficient (Wildman–Crippen LogP) is 5.02. The van der Waals surface area contributed by atoms with Crippen molar-refractivity contribution in [1.29, 1.82) is 0 Å². The van der Waals surface area contributed by atoms with Gasteiger partial charge in [-0.05, 0) is 41.8 Å². The normalized spacial score (nSPS) is 11.8. The summed E-state index contributed by atoms with van der Waals surface area (Å²) in [5, 5.41) is 7.20. The number of nitrogens with one attached hydrogen (secondary N) is 3. The van der Waals surface area contributed by atoms with Crippen LogP contribution in [0.1, 0.15) is 34.0 Å². The van der Waals surface area contributed by atoms with Crippen LogP contribution in [0.15, 0.2) is 79.0 Å². The molecule has 0 saturated heterocycles. The zero-order valence-electron chi connectivity index (χ0n) is 19.5. The average Bonchev–Trinajstić information content (AvgIpc) is 3.29. The van der Waals surface area contributed by atoms with E-state index in [2.05, 4.69) is 15.6 Å². The molecule has 35 heavy (non-hydrogen) atoms. The Labute approximate surface area is 209 Å². The monoisotopic (exact) mass is 489 g/mol. The van der Waals surface area contributed by atoms with Crippen LogP contribution in [0.2, 0.25) is 5.02 Å². The lowest BCUT2D eigenvalue weighted by Crippen LogP contribution is -2.47. The lowest BCUT2D eigenvalue weighted by atomic mass is 10.0. The molecule has 6 nitrogen and oxygen atoms in total. The van der Waals surface area contributed by atoms with E-state index in [4.69, 9.17) is 16.3 Å². The summed E-state index contributed by atoms with van der Waals surface area (Å²) in [5.74, 6) is -0.662. The number of aromatic amines is 1. The lowest BCUT2D eigenvalue weighted by molar-refractivity contribution is -0.123. The van der Waals surface area contributed by atoms with Crippen LogP contribution in [-0.4, -0.2) is 29.4 Å². The van der Waals surface area contributed by atoms with E-state index >= 15 is 0 Å². The number of fused-ring (bicyclic) bond motifs is 1. The van der Waals surface area contributed by atoms with E-state index in [1.54, 1.807) is 24.3 Å². The molecule has 0 bridgehead atoms. The molecule has 3 N–H and O–H groups in total. The summed E-state index contributed by atoms with van der Waals surface area (Å²) in [6.07, 6.45) is 2.21. The van der Waals surface area contributed by atoms with Gasteiger partial charge in [-0.2, -0.15) is 0 Å². The summed E-state index contributed by atoms with van der Waals surface area (Å²) in [5.41, 5.74) is 4.29.